The van der Waals surface area contributed by atoms with Gasteiger partial charge in [0.05, 0.1) is 0 Å². The molecule has 0 aromatic heterocycles. The van der Waals surface area contributed by atoms with E-state index in [9.17, 15) is 9.59 Å². The summed E-state index contributed by atoms with van der Waals surface area (Å²) in [5.41, 5.74) is 4.68. The van der Waals surface area contributed by atoms with Crippen LogP contribution >= 0.6 is 0 Å². The lowest BCUT2D eigenvalue weighted by molar-refractivity contribution is -0.155. The Morgan fingerprint density at radius 2 is 2.20 bits per heavy atom. The minimum absolute atomic E-state index is 0.153. The average molecular weight is 147 g/mol. The second-order valence-corrected chi connectivity index (χ2v) is 1.58. The first-order valence-corrected chi connectivity index (χ1v) is 2.73. The molecular weight excluding hydrogens is 138 g/mol. The number of amides is 1. The van der Waals surface area contributed by atoms with Crippen molar-refractivity contribution in [2.75, 3.05) is 6.61 Å². The molecule has 0 rings (SSSR count). The van der Waals surface area contributed by atoms with Crippen molar-refractivity contribution in [2.24, 2.45) is 5.73 Å². The van der Waals surface area contributed by atoms with E-state index in [4.69, 9.17) is 5.11 Å². The predicted octanol–water partition coefficient (Wildman–Crippen LogP) is -1.04. The van der Waals surface area contributed by atoms with Gasteiger partial charge in [-0.1, -0.05) is 0 Å². The van der Waals surface area contributed by atoms with Gasteiger partial charge in [0.15, 0.2) is 0 Å². The Morgan fingerprint density at radius 1 is 1.70 bits per heavy atom. The maximum Gasteiger partial charge on any atom is 0.342 e. The molecule has 0 spiro atoms. The number of hydrogen-bond acceptors (Lipinski definition) is 3. The number of rotatable bonds is 4. The highest BCUT2D eigenvalue weighted by molar-refractivity contribution is 5.99. The van der Waals surface area contributed by atoms with Crippen LogP contribution < -0.4 is 5.73 Å². The summed E-state index contributed by atoms with van der Waals surface area (Å²) < 4.78 is 4.49. The Balaban J connectivity index is 3.98. The van der Waals surface area contributed by atoms with Crippen molar-refractivity contribution in [2.45, 2.75) is 13.0 Å². The highest BCUT2D eigenvalue weighted by atomic mass is 16.5. The monoisotopic (exact) mass is 147 g/mol. The van der Waals surface area contributed by atoms with Crippen LogP contribution in [0.2, 0.25) is 0 Å². The predicted molar refractivity (Wildman–Crippen MR) is 32.2 cm³/mol. The normalized spacial score (nSPS) is 12.5. The average Bonchev–Trinajstić information content (AvgIpc) is 1.81. The molecule has 0 radical (unpaired) electrons. The number of primary amides is 1. The third kappa shape index (κ3) is 2.45. The summed E-state index contributed by atoms with van der Waals surface area (Å²) >= 11 is 0. The van der Waals surface area contributed by atoms with E-state index in [0.29, 0.717) is 0 Å². The Morgan fingerprint density at radius 3 is 2.30 bits per heavy atom. The minimum atomic E-state index is -1.51. The van der Waals surface area contributed by atoms with E-state index in [1.807, 2.05) is 0 Å². The molecular formula is C5H9NO4. The van der Waals surface area contributed by atoms with Gasteiger partial charge < -0.3 is 15.6 Å². The maximum absolute atomic E-state index is 10.2. The molecule has 0 aliphatic rings. The fraction of sp³-hybridized carbons (Fsp3) is 0.600. The molecule has 0 heterocycles. The zero-order valence-corrected chi connectivity index (χ0v) is 5.53. The smallest absolute Gasteiger partial charge is 0.342 e. The molecule has 1 atom stereocenters. The Kier molecular flexibility index (Phi) is 3.42. The van der Waals surface area contributed by atoms with Gasteiger partial charge in [-0.25, -0.2) is 4.79 Å². The summed E-state index contributed by atoms with van der Waals surface area (Å²) in [7, 11) is 0. The van der Waals surface area contributed by atoms with Crippen molar-refractivity contribution in [1.82, 2.24) is 0 Å². The van der Waals surface area contributed by atoms with Gasteiger partial charge in [0.2, 0.25) is 6.10 Å². The lowest BCUT2D eigenvalue weighted by atomic mass is 10.3. The van der Waals surface area contributed by atoms with Gasteiger partial charge in [0.25, 0.3) is 5.91 Å². The van der Waals surface area contributed by atoms with E-state index in [1.165, 1.54) is 0 Å². The molecule has 5 nitrogen and oxygen atoms in total. The summed E-state index contributed by atoms with van der Waals surface area (Å²) in [6, 6.07) is 0. The number of aliphatic carboxylic acids is 1. The Hall–Kier alpha value is -1.10. The van der Waals surface area contributed by atoms with Crippen LogP contribution in [0.1, 0.15) is 6.92 Å². The molecule has 58 valence electrons. The van der Waals surface area contributed by atoms with Crippen LogP contribution in [0.15, 0.2) is 0 Å². The van der Waals surface area contributed by atoms with Crippen molar-refractivity contribution >= 4 is 11.9 Å². The largest absolute Gasteiger partial charge is 0.479 e. The number of carboxylic acid groups (broad SMARTS) is 1. The fourth-order valence-electron chi connectivity index (χ4n) is 0.442. The van der Waals surface area contributed by atoms with Gasteiger partial charge in [0, 0.05) is 6.61 Å². The molecule has 1 amide bonds. The molecule has 0 bridgehead atoms. The van der Waals surface area contributed by atoms with Gasteiger partial charge in [-0.2, -0.15) is 0 Å². The van der Waals surface area contributed by atoms with Crippen molar-refractivity contribution in [1.29, 1.82) is 0 Å². The number of ether oxygens (including phenoxy) is 1. The van der Waals surface area contributed by atoms with Crippen LogP contribution in [0.25, 0.3) is 0 Å². The van der Waals surface area contributed by atoms with Gasteiger partial charge in [-0.05, 0) is 6.92 Å². The molecule has 0 fully saturated rings. The van der Waals surface area contributed by atoms with Crippen LogP contribution in [0.5, 0.6) is 0 Å². The van der Waals surface area contributed by atoms with E-state index in [2.05, 4.69) is 10.5 Å². The van der Waals surface area contributed by atoms with E-state index in [0.717, 1.165) is 0 Å². The first kappa shape index (κ1) is 8.90. The second kappa shape index (κ2) is 3.84. The number of carbonyl (C=O) groups is 2. The maximum atomic E-state index is 10.2. The number of nitrogens with two attached hydrogens (primary N) is 1. The van der Waals surface area contributed by atoms with Gasteiger partial charge in [0.1, 0.15) is 0 Å². The van der Waals surface area contributed by atoms with Crippen LogP contribution in [-0.2, 0) is 14.3 Å². The summed E-state index contributed by atoms with van der Waals surface area (Å²) in [6.45, 7) is 1.73. The Labute approximate surface area is 57.8 Å². The van der Waals surface area contributed by atoms with Crippen LogP contribution in [-0.4, -0.2) is 29.7 Å². The molecule has 10 heavy (non-hydrogen) atoms. The topological polar surface area (TPSA) is 89.6 Å². The van der Waals surface area contributed by atoms with Crippen LogP contribution in [0, 0.1) is 0 Å². The Bertz CT molecular complexity index is 131. The van der Waals surface area contributed by atoms with Crippen LogP contribution in [0.3, 0.4) is 0 Å². The lowest BCUT2D eigenvalue weighted by Gasteiger charge is -2.06. The fourth-order valence-corrected chi connectivity index (χ4v) is 0.442. The SMILES string of the molecule is CCOC(C(N)=O)C(=O)O. The lowest BCUT2D eigenvalue weighted by Crippen LogP contribution is -2.37. The quantitative estimate of drug-likeness (QED) is 0.497. The summed E-state index contributed by atoms with van der Waals surface area (Å²) in [4.78, 5) is 20.4. The molecule has 1 unspecified atom stereocenters. The minimum Gasteiger partial charge on any atom is -0.479 e. The van der Waals surface area contributed by atoms with Crippen molar-refractivity contribution in [3.8, 4) is 0 Å². The number of hydrogen-bond donors (Lipinski definition) is 2. The first-order chi connectivity index (χ1) is 4.59. The van der Waals surface area contributed by atoms with Gasteiger partial charge >= 0.3 is 5.97 Å². The van der Waals surface area contributed by atoms with Gasteiger partial charge in [-0.3, -0.25) is 4.79 Å². The zero-order valence-electron chi connectivity index (χ0n) is 5.53. The highest BCUT2D eigenvalue weighted by Gasteiger charge is 2.23. The molecule has 0 saturated carbocycles. The first-order valence-electron chi connectivity index (χ1n) is 2.73. The van der Waals surface area contributed by atoms with Gasteiger partial charge in [-0.15, -0.1) is 0 Å². The molecule has 3 N–H and O–H groups in total. The molecule has 0 aromatic rings. The van der Waals surface area contributed by atoms with Crippen molar-refractivity contribution in [3.05, 3.63) is 0 Å². The highest BCUT2D eigenvalue weighted by Crippen LogP contribution is 1.89. The molecule has 5 heteroatoms. The van der Waals surface area contributed by atoms with E-state index in [-0.39, 0.29) is 6.61 Å². The summed E-state index contributed by atoms with van der Waals surface area (Å²) in [5.74, 6) is -2.33. The van der Waals surface area contributed by atoms with E-state index < -0.39 is 18.0 Å². The summed E-state index contributed by atoms with van der Waals surface area (Å²) in [6.07, 6.45) is -1.51. The van der Waals surface area contributed by atoms with E-state index in [1.54, 1.807) is 6.92 Å². The van der Waals surface area contributed by atoms with Crippen molar-refractivity contribution < 1.29 is 19.4 Å². The third-order valence-electron chi connectivity index (χ3n) is 0.816. The number of carboxylic acids is 1. The molecule has 0 aliphatic carbocycles. The standard InChI is InChI=1S/C5H9NO4/c1-2-10-3(4(6)7)5(8)9/h3H,2H2,1H3,(H2,6,7)(H,8,9). The van der Waals surface area contributed by atoms with E-state index >= 15 is 0 Å². The molecule has 0 saturated heterocycles. The zero-order chi connectivity index (χ0) is 8.15. The molecule has 0 aromatic carbocycles. The number of carbonyl (C=O) groups excluding carboxylic acids is 1. The molecule has 0 aliphatic heterocycles. The third-order valence-corrected chi connectivity index (χ3v) is 0.816. The summed E-state index contributed by atoms with van der Waals surface area (Å²) in [5, 5.41) is 8.25. The van der Waals surface area contributed by atoms with Crippen LogP contribution in [0.4, 0.5) is 0 Å². The second-order valence-electron chi connectivity index (χ2n) is 1.58. The van der Waals surface area contributed by atoms with Crippen molar-refractivity contribution in [3.63, 3.8) is 0 Å².